The summed E-state index contributed by atoms with van der Waals surface area (Å²) < 4.78 is 7.01. The largest absolute Gasteiger partial charge is 0.494 e. The Balaban J connectivity index is 1.50. The lowest BCUT2D eigenvalue weighted by molar-refractivity contribution is -0.120. The number of carbonyl (C=O) groups excluding carboxylic acids is 2. The number of piperazine rings is 1. The zero-order valence-corrected chi connectivity index (χ0v) is 17.9. The number of rotatable bonds is 5. The number of nitrogens with zero attached hydrogens (tertiary/aromatic N) is 3. The van der Waals surface area contributed by atoms with Gasteiger partial charge in [0.15, 0.2) is 5.69 Å². The van der Waals surface area contributed by atoms with E-state index in [0.717, 1.165) is 16.9 Å². The van der Waals surface area contributed by atoms with Crippen LogP contribution >= 0.6 is 11.6 Å². The number of hydrogen-bond donors (Lipinski definition) is 2. The van der Waals surface area contributed by atoms with Gasteiger partial charge in [0, 0.05) is 25.0 Å². The van der Waals surface area contributed by atoms with Gasteiger partial charge in [0.05, 0.1) is 24.4 Å². The number of nitrogens with one attached hydrogen (secondary N) is 2. The molecule has 0 aliphatic carbocycles. The Hall–Kier alpha value is -3.52. The molecule has 0 spiro atoms. The molecule has 0 radical (unpaired) electrons. The molecule has 31 heavy (non-hydrogen) atoms. The summed E-state index contributed by atoms with van der Waals surface area (Å²) in [6.45, 7) is 3.48. The van der Waals surface area contributed by atoms with Gasteiger partial charge < -0.3 is 20.3 Å². The number of carbonyl (C=O) groups is 2. The van der Waals surface area contributed by atoms with Crippen molar-refractivity contribution in [1.29, 1.82) is 0 Å². The number of hydrogen-bond acceptors (Lipinski definition) is 5. The summed E-state index contributed by atoms with van der Waals surface area (Å²) in [6.07, 6.45) is 1.71. The van der Waals surface area contributed by atoms with Crippen molar-refractivity contribution in [3.63, 3.8) is 0 Å². The zero-order valence-electron chi connectivity index (χ0n) is 17.2. The minimum Gasteiger partial charge on any atom is -0.494 e. The van der Waals surface area contributed by atoms with Gasteiger partial charge in [0.25, 0.3) is 5.91 Å². The summed E-state index contributed by atoms with van der Waals surface area (Å²) in [5.74, 6) is 0.265. The molecular weight excluding hydrogens is 418 g/mol. The summed E-state index contributed by atoms with van der Waals surface area (Å²) in [5.41, 5.74) is 3.36. The second kappa shape index (κ2) is 8.69. The predicted molar refractivity (Wildman–Crippen MR) is 119 cm³/mol. The number of amides is 2. The van der Waals surface area contributed by atoms with Crippen LogP contribution < -0.4 is 20.3 Å². The highest BCUT2D eigenvalue weighted by Gasteiger charge is 2.19. The van der Waals surface area contributed by atoms with Gasteiger partial charge in [-0.05, 0) is 48.9 Å². The van der Waals surface area contributed by atoms with Crippen LogP contribution in [0, 0.1) is 6.92 Å². The third-order valence-electron chi connectivity index (χ3n) is 4.99. The summed E-state index contributed by atoms with van der Waals surface area (Å²) in [7, 11) is 1.59. The number of anilines is 2. The number of ether oxygens (including phenoxy) is 1. The smallest absolute Gasteiger partial charge is 0.276 e. The summed E-state index contributed by atoms with van der Waals surface area (Å²) in [4.78, 5) is 26.2. The lowest BCUT2D eigenvalue weighted by Gasteiger charge is -2.29. The van der Waals surface area contributed by atoms with Crippen molar-refractivity contribution < 1.29 is 14.3 Å². The summed E-state index contributed by atoms with van der Waals surface area (Å²) in [5, 5.41) is 10.4. The number of aryl methyl sites for hydroxylation is 1. The lowest BCUT2D eigenvalue weighted by atomic mass is 10.2. The van der Waals surface area contributed by atoms with Crippen LogP contribution in [0.2, 0.25) is 5.02 Å². The molecule has 2 heterocycles. The fourth-order valence-corrected chi connectivity index (χ4v) is 3.74. The maximum Gasteiger partial charge on any atom is 0.276 e. The van der Waals surface area contributed by atoms with Crippen molar-refractivity contribution in [2.45, 2.75) is 6.92 Å². The van der Waals surface area contributed by atoms with Crippen LogP contribution in [0.25, 0.3) is 5.69 Å². The lowest BCUT2D eigenvalue weighted by Crippen LogP contribution is -2.47. The average Bonchev–Trinajstić information content (AvgIpc) is 3.24. The van der Waals surface area contributed by atoms with Gasteiger partial charge >= 0.3 is 0 Å². The highest BCUT2D eigenvalue weighted by atomic mass is 35.5. The Morgan fingerprint density at radius 3 is 2.77 bits per heavy atom. The molecule has 0 bridgehead atoms. The first kappa shape index (κ1) is 20.7. The van der Waals surface area contributed by atoms with Crippen LogP contribution in [0.3, 0.4) is 0 Å². The van der Waals surface area contributed by atoms with Crippen molar-refractivity contribution in [3.05, 3.63) is 64.9 Å². The van der Waals surface area contributed by atoms with E-state index in [0.29, 0.717) is 29.5 Å². The van der Waals surface area contributed by atoms with Gasteiger partial charge in [-0.15, -0.1) is 0 Å². The van der Waals surface area contributed by atoms with E-state index in [9.17, 15) is 9.59 Å². The van der Waals surface area contributed by atoms with Crippen LogP contribution in [0.4, 0.5) is 11.4 Å². The molecular formula is C22H22ClN5O3. The molecule has 9 heteroatoms. The molecule has 1 aliphatic rings. The van der Waals surface area contributed by atoms with Gasteiger partial charge in [-0.3, -0.25) is 9.59 Å². The average molecular weight is 440 g/mol. The van der Waals surface area contributed by atoms with E-state index in [1.54, 1.807) is 42.3 Å². The van der Waals surface area contributed by atoms with Gasteiger partial charge in [-0.25, -0.2) is 4.68 Å². The zero-order chi connectivity index (χ0) is 22.0. The van der Waals surface area contributed by atoms with Crippen LogP contribution in [0.1, 0.15) is 16.1 Å². The topological polar surface area (TPSA) is 88.5 Å². The first-order valence-electron chi connectivity index (χ1n) is 9.78. The Morgan fingerprint density at radius 2 is 2.03 bits per heavy atom. The number of halogens is 1. The van der Waals surface area contributed by atoms with Crippen molar-refractivity contribution in [1.82, 2.24) is 15.1 Å². The predicted octanol–water partition coefficient (Wildman–Crippen LogP) is 3.03. The molecule has 2 amide bonds. The quantitative estimate of drug-likeness (QED) is 0.638. The molecule has 0 atom stereocenters. The molecule has 0 saturated carbocycles. The van der Waals surface area contributed by atoms with Crippen molar-refractivity contribution in [2.24, 2.45) is 0 Å². The molecule has 2 aromatic carbocycles. The first-order valence-corrected chi connectivity index (χ1v) is 10.2. The molecule has 4 rings (SSSR count). The summed E-state index contributed by atoms with van der Waals surface area (Å²) in [6, 6.07) is 12.6. The van der Waals surface area contributed by atoms with Crippen molar-refractivity contribution >= 4 is 34.8 Å². The SMILES string of the molecule is COc1ccc(C)cc1-n1ccc(C(=O)Nc2ccc(N3CCNC(=O)C3)c(Cl)c2)n1. The van der Waals surface area contributed by atoms with Crippen LogP contribution in [-0.2, 0) is 4.79 Å². The molecule has 160 valence electrons. The maximum atomic E-state index is 12.7. The first-order chi connectivity index (χ1) is 14.9. The van der Waals surface area contributed by atoms with E-state index < -0.39 is 0 Å². The van der Waals surface area contributed by atoms with Gasteiger partial charge in [-0.1, -0.05) is 17.7 Å². The van der Waals surface area contributed by atoms with Crippen molar-refractivity contribution in [2.75, 3.05) is 37.0 Å². The minimum atomic E-state index is -0.355. The number of methoxy groups -OCH3 is 1. The van der Waals surface area contributed by atoms with E-state index in [1.807, 2.05) is 30.0 Å². The van der Waals surface area contributed by atoms with E-state index in [1.165, 1.54) is 0 Å². The molecule has 3 aromatic rings. The standard InChI is InChI=1S/C22H22ClN5O3/c1-14-3-6-20(31-2)19(11-14)28-9-7-17(26-28)22(30)25-15-4-5-18(16(23)12-15)27-10-8-24-21(29)13-27/h3-7,9,11-12H,8,10,13H2,1-2H3,(H,24,29)(H,25,30). The normalized spacial score (nSPS) is 13.6. The molecule has 0 unspecified atom stereocenters. The van der Waals surface area contributed by atoms with Crippen LogP contribution in [0.15, 0.2) is 48.7 Å². The van der Waals surface area contributed by atoms with Crippen molar-refractivity contribution in [3.8, 4) is 11.4 Å². The Labute approximate surface area is 184 Å². The Kier molecular flexibility index (Phi) is 5.81. The fraction of sp³-hybridized carbons (Fsp3) is 0.227. The van der Waals surface area contributed by atoms with Gasteiger partial charge in [0.2, 0.25) is 5.91 Å². The van der Waals surface area contributed by atoms with E-state index >= 15 is 0 Å². The second-order valence-electron chi connectivity index (χ2n) is 7.21. The molecule has 1 fully saturated rings. The summed E-state index contributed by atoms with van der Waals surface area (Å²) >= 11 is 6.41. The number of benzene rings is 2. The molecule has 1 aliphatic heterocycles. The third kappa shape index (κ3) is 4.49. The van der Waals surface area contributed by atoms with Gasteiger partial charge in [0.1, 0.15) is 11.4 Å². The maximum absolute atomic E-state index is 12.7. The van der Waals surface area contributed by atoms with E-state index in [2.05, 4.69) is 15.7 Å². The highest BCUT2D eigenvalue weighted by Crippen LogP contribution is 2.29. The monoisotopic (exact) mass is 439 g/mol. The third-order valence-corrected chi connectivity index (χ3v) is 5.29. The minimum absolute atomic E-state index is 0.0412. The Bertz CT molecular complexity index is 1140. The van der Waals surface area contributed by atoms with E-state index in [4.69, 9.17) is 16.3 Å². The highest BCUT2D eigenvalue weighted by molar-refractivity contribution is 6.33. The molecule has 2 N–H and O–H groups in total. The number of aromatic nitrogens is 2. The fourth-order valence-electron chi connectivity index (χ4n) is 3.44. The molecule has 8 nitrogen and oxygen atoms in total. The Morgan fingerprint density at radius 1 is 1.19 bits per heavy atom. The van der Waals surface area contributed by atoms with Gasteiger partial charge in [-0.2, -0.15) is 5.10 Å². The molecule has 1 saturated heterocycles. The van der Waals surface area contributed by atoms with Crippen LogP contribution in [-0.4, -0.2) is 48.3 Å². The second-order valence-corrected chi connectivity index (χ2v) is 7.62. The van der Waals surface area contributed by atoms with E-state index in [-0.39, 0.29) is 24.1 Å². The van der Waals surface area contributed by atoms with Crippen LogP contribution in [0.5, 0.6) is 5.75 Å². The molecule has 1 aromatic heterocycles.